The van der Waals surface area contributed by atoms with Gasteiger partial charge in [-0.05, 0) is 44.5 Å². The third-order valence-corrected chi connectivity index (χ3v) is 4.41. The maximum atomic E-state index is 12.1. The zero-order chi connectivity index (χ0) is 10.7. The molecule has 0 radical (unpaired) electrons. The van der Waals surface area contributed by atoms with E-state index in [0.29, 0.717) is 0 Å². The highest BCUT2D eigenvalue weighted by atomic mass is 32.2. The van der Waals surface area contributed by atoms with Crippen LogP contribution >= 0.6 is 0 Å². The Hall–Kier alpha value is -0.740. The van der Waals surface area contributed by atoms with Crippen LogP contribution in [0.4, 0.5) is 0 Å². The molecule has 0 amide bonds. The van der Waals surface area contributed by atoms with Gasteiger partial charge in [0.25, 0.3) is 0 Å². The first-order valence-electron chi connectivity index (χ1n) is 5.31. The van der Waals surface area contributed by atoms with Gasteiger partial charge in [-0.2, -0.15) is 0 Å². The SMILES string of the molecule is Cc1ccc(S(=O)C2CCNCC2)nc1. The largest absolute Gasteiger partial charge is 0.317 e. The second-order valence-electron chi connectivity index (χ2n) is 3.92. The van der Waals surface area contributed by atoms with E-state index in [4.69, 9.17) is 0 Å². The molecular formula is C11H16N2OS. The number of nitrogens with one attached hydrogen (secondary N) is 1. The van der Waals surface area contributed by atoms with Gasteiger partial charge < -0.3 is 5.32 Å². The Morgan fingerprint density at radius 3 is 2.73 bits per heavy atom. The first kappa shape index (κ1) is 10.8. The lowest BCUT2D eigenvalue weighted by atomic mass is 10.2. The predicted molar refractivity (Wildman–Crippen MR) is 61.3 cm³/mol. The maximum absolute atomic E-state index is 12.1. The summed E-state index contributed by atoms with van der Waals surface area (Å²) in [6.45, 7) is 3.94. The number of aryl methyl sites for hydroxylation is 1. The summed E-state index contributed by atoms with van der Waals surface area (Å²) >= 11 is 0. The van der Waals surface area contributed by atoms with Crippen LogP contribution < -0.4 is 5.32 Å². The fraction of sp³-hybridized carbons (Fsp3) is 0.545. The van der Waals surface area contributed by atoms with Crippen molar-refractivity contribution in [3.63, 3.8) is 0 Å². The van der Waals surface area contributed by atoms with Crippen LogP contribution in [0.25, 0.3) is 0 Å². The van der Waals surface area contributed by atoms with Crippen LogP contribution in [0.2, 0.25) is 0 Å². The molecule has 15 heavy (non-hydrogen) atoms. The minimum Gasteiger partial charge on any atom is -0.317 e. The summed E-state index contributed by atoms with van der Waals surface area (Å²) in [5.41, 5.74) is 1.11. The normalized spacial score (nSPS) is 20.1. The summed E-state index contributed by atoms with van der Waals surface area (Å²) < 4.78 is 12.1. The molecule has 2 heterocycles. The minimum absolute atomic E-state index is 0.279. The van der Waals surface area contributed by atoms with Crippen molar-refractivity contribution in [1.29, 1.82) is 0 Å². The highest BCUT2D eigenvalue weighted by Crippen LogP contribution is 2.16. The molecule has 0 aromatic carbocycles. The van der Waals surface area contributed by atoms with Crippen LogP contribution in [0.1, 0.15) is 18.4 Å². The number of rotatable bonds is 2. The number of aromatic nitrogens is 1. The average Bonchev–Trinajstić information content (AvgIpc) is 2.30. The minimum atomic E-state index is -0.929. The summed E-state index contributed by atoms with van der Waals surface area (Å²) in [7, 11) is -0.929. The molecule has 1 unspecified atom stereocenters. The molecule has 0 spiro atoms. The molecular weight excluding hydrogens is 208 g/mol. The molecule has 82 valence electrons. The lowest BCUT2D eigenvalue weighted by molar-refractivity contribution is 0.519. The van der Waals surface area contributed by atoms with Crippen LogP contribution in [0, 0.1) is 6.92 Å². The van der Waals surface area contributed by atoms with Crippen molar-refractivity contribution >= 4 is 10.8 Å². The third-order valence-electron chi connectivity index (χ3n) is 2.68. The molecule has 1 fully saturated rings. The van der Waals surface area contributed by atoms with Gasteiger partial charge in [0.05, 0.1) is 10.8 Å². The smallest absolute Gasteiger partial charge is 0.127 e. The topological polar surface area (TPSA) is 42.0 Å². The van der Waals surface area contributed by atoms with Gasteiger partial charge in [-0.1, -0.05) is 6.07 Å². The highest BCUT2D eigenvalue weighted by Gasteiger charge is 2.21. The van der Waals surface area contributed by atoms with Crippen molar-refractivity contribution in [2.75, 3.05) is 13.1 Å². The zero-order valence-electron chi connectivity index (χ0n) is 8.90. The van der Waals surface area contributed by atoms with Gasteiger partial charge >= 0.3 is 0 Å². The quantitative estimate of drug-likeness (QED) is 0.822. The molecule has 2 rings (SSSR count). The first-order chi connectivity index (χ1) is 7.27. The van der Waals surface area contributed by atoms with Crippen molar-refractivity contribution in [1.82, 2.24) is 10.3 Å². The van der Waals surface area contributed by atoms with E-state index in [2.05, 4.69) is 10.3 Å². The third kappa shape index (κ3) is 2.63. The number of hydrogen-bond donors (Lipinski definition) is 1. The Balaban J connectivity index is 2.09. The van der Waals surface area contributed by atoms with E-state index in [1.165, 1.54) is 0 Å². The molecule has 1 aliphatic heterocycles. The second-order valence-corrected chi connectivity index (χ2v) is 5.60. The summed E-state index contributed by atoms with van der Waals surface area (Å²) in [5, 5.41) is 4.28. The van der Waals surface area contributed by atoms with Crippen molar-refractivity contribution in [2.24, 2.45) is 0 Å². The van der Waals surface area contributed by atoms with Crippen LogP contribution in [0.3, 0.4) is 0 Å². The van der Waals surface area contributed by atoms with Crippen molar-refractivity contribution < 1.29 is 4.21 Å². The van der Waals surface area contributed by atoms with E-state index in [9.17, 15) is 4.21 Å². The van der Waals surface area contributed by atoms with E-state index >= 15 is 0 Å². The van der Waals surface area contributed by atoms with Gasteiger partial charge in [-0.15, -0.1) is 0 Å². The second kappa shape index (κ2) is 4.86. The molecule has 1 atom stereocenters. The van der Waals surface area contributed by atoms with Crippen molar-refractivity contribution in [2.45, 2.75) is 30.0 Å². The molecule has 1 aromatic rings. The van der Waals surface area contributed by atoms with Gasteiger partial charge in [0.1, 0.15) is 5.03 Å². The Labute approximate surface area is 92.8 Å². The molecule has 0 bridgehead atoms. The van der Waals surface area contributed by atoms with Gasteiger partial charge in [0.15, 0.2) is 0 Å². The van der Waals surface area contributed by atoms with E-state index in [-0.39, 0.29) is 5.25 Å². The molecule has 0 aliphatic carbocycles. The summed E-state index contributed by atoms with van der Waals surface area (Å²) in [5.74, 6) is 0. The van der Waals surface area contributed by atoms with Crippen molar-refractivity contribution in [3.8, 4) is 0 Å². The highest BCUT2D eigenvalue weighted by molar-refractivity contribution is 7.85. The van der Waals surface area contributed by atoms with Crippen LogP contribution in [0.5, 0.6) is 0 Å². The molecule has 4 heteroatoms. The Kier molecular flexibility index (Phi) is 3.49. The average molecular weight is 224 g/mol. The zero-order valence-corrected chi connectivity index (χ0v) is 9.72. The summed E-state index contributed by atoms with van der Waals surface area (Å²) in [6, 6.07) is 3.86. The van der Waals surface area contributed by atoms with Gasteiger partial charge in [-0.25, -0.2) is 4.98 Å². The molecule has 0 saturated carbocycles. The van der Waals surface area contributed by atoms with Gasteiger partial charge in [0, 0.05) is 11.4 Å². The molecule has 1 aliphatic rings. The molecule has 3 nitrogen and oxygen atoms in total. The molecule has 1 N–H and O–H groups in total. The van der Waals surface area contributed by atoms with E-state index in [1.54, 1.807) is 6.20 Å². The van der Waals surface area contributed by atoms with Gasteiger partial charge in [-0.3, -0.25) is 4.21 Å². The summed E-state index contributed by atoms with van der Waals surface area (Å²) in [6.07, 6.45) is 3.76. The number of hydrogen-bond acceptors (Lipinski definition) is 3. The maximum Gasteiger partial charge on any atom is 0.127 e. The lowest BCUT2D eigenvalue weighted by Gasteiger charge is -2.21. The van der Waals surface area contributed by atoms with E-state index in [0.717, 1.165) is 36.5 Å². The standard InChI is InChI=1S/C11H16N2OS/c1-9-2-3-11(13-8-9)15(14)10-4-6-12-7-5-10/h2-3,8,10,12H,4-7H2,1H3. The first-order valence-corrected chi connectivity index (χ1v) is 6.52. The van der Waals surface area contributed by atoms with Crippen LogP contribution in [-0.4, -0.2) is 27.5 Å². The van der Waals surface area contributed by atoms with Crippen LogP contribution in [0.15, 0.2) is 23.4 Å². The van der Waals surface area contributed by atoms with Crippen molar-refractivity contribution in [3.05, 3.63) is 23.9 Å². The number of pyridine rings is 1. The van der Waals surface area contributed by atoms with E-state index < -0.39 is 10.8 Å². The Morgan fingerprint density at radius 1 is 1.40 bits per heavy atom. The molecule has 1 aromatic heterocycles. The summed E-state index contributed by atoms with van der Waals surface area (Å²) in [4.78, 5) is 4.23. The lowest BCUT2D eigenvalue weighted by Crippen LogP contribution is -2.33. The number of nitrogens with zero attached hydrogens (tertiary/aromatic N) is 1. The Bertz CT molecular complexity index is 344. The monoisotopic (exact) mass is 224 g/mol. The fourth-order valence-electron chi connectivity index (χ4n) is 1.75. The fourth-order valence-corrected chi connectivity index (χ4v) is 3.12. The van der Waals surface area contributed by atoms with Crippen LogP contribution in [-0.2, 0) is 10.8 Å². The number of piperidine rings is 1. The molecule has 1 saturated heterocycles. The predicted octanol–water partition coefficient (Wildman–Crippen LogP) is 1.25. The van der Waals surface area contributed by atoms with E-state index in [1.807, 2.05) is 19.1 Å². The van der Waals surface area contributed by atoms with Gasteiger partial charge in [0.2, 0.25) is 0 Å². The Morgan fingerprint density at radius 2 is 2.13 bits per heavy atom.